The maximum absolute atomic E-state index is 5.40. The van der Waals surface area contributed by atoms with Gasteiger partial charge in [0.05, 0.1) is 18.6 Å². The molecule has 2 aromatic carbocycles. The van der Waals surface area contributed by atoms with Crippen molar-refractivity contribution in [2.24, 2.45) is 16.5 Å². The molecule has 0 spiro atoms. The third-order valence-electron chi connectivity index (χ3n) is 3.86. The van der Waals surface area contributed by atoms with Crippen LogP contribution in [-0.4, -0.2) is 23.9 Å². The average Bonchev–Trinajstić information content (AvgIpc) is 3.23. The average molecular weight is 280 g/mol. The van der Waals surface area contributed by atoms with Crippen molar-refractivity contribution in [1.82, 2.24) is 4.90 Å². The fourth-order valence-corrected chi connectivity index (χ4v) is 2.90. The zero-order chi connectivity index (χ0) is 14.7. The van der Waals surface area contributed by atoms with Crippen molar-refractivity contribution in [2.75, 3.05) is 13.1 Å². The topological polar surface area (TPSA) is 67.4 Å². The fourth-order valence-electron chi connectivity index (χ4n) is 2.90. The summed E-state index contributed by atoms with van der Waals surface area (Å²) < 4.78 is 0. The summed E-state index contributed by atoms with van der Waals surface area (Å²) in [5.74, 6) is 0.157. The van der Waals surface area contributed by atoms with E-state index in [0.29, 0.717) is 18.6 Å². The van der Waals surface area contributed by atoms with Gasteiger partial charge < -0.3 is 11.5 Å². The first-order valence-electron chi connectivity index (χ1n) is 7.18. The van der Waals surface area contributed by atoms with Crippen LogP contribution in [0.5, 0.6) is 0 Å². The van der Waals surface area contributed by atoms with Crippen LogP contribution >= 0.6 is 0 Å². The Morgan fingerprint density at radius 1 is 0.857 bits per heavy atom. The minimum atomic E-state index is 0.157. The number of benzene rings is 2. The van der Waals surface area contributed by atoms with E-state index in [1.165, 1.54) is 11.1 Å². The molecular weight excluding hydrogens is 260 g/mol. The molecule has 4 N–H and O–H groups in total. The maximum Gasteiger partial charge on any atom is 0.185 e. The second-order valence-corrected chi connectivity index (χ2v) is 5.26. The molecule has 1 aliphatic rings. The third kappa shape index (κ3) is 3.06. The van der Waals surface area contributed by atoms with Gasteiger partial charge in [-0.3, -0.25) is 9.89 Å². The van der Waals surface area contributed by atoms with Gasteiger partial charge in [-0.15, -0.1) is 0 Å². The molecule has 3 rings (SSSR count). The summed E-state index contributed by atoms with van der Waals surface area (Å²) in [6.07, 6.45) is 0. The van der Waals surface area contributed by atoms with Crippen molar-refractivity contribution in [1.29, 1.82) is 0 Å². The molecule has 0 aromatic heterocycles. The minimum absolute atomic E-state index is 0.157. The summed E-state index contributed by atoms with van der Waals surface area (Å²) in [4.78, 5) is 6.52. The van der Waals surface area contributed by atoms with E-state index >= 15 is 0 Å². The van der Waals surface area contributed by atoms with Crippen molar-refractivity contribution in [3.05, 3.63) is 71.8 Å². The van der Waals surface area contributed by atoms with Gasteiger partial charge in [-0.2, -0.15) is 0 Å². The van der Waals surface area contributed by atoms with Gasteiger partial charge in [0.25, 0.3) is 0 Å². The third-order valence-corrected chi connectivity index (χ3v) is 3.86. The Labute approximate surface area is 125 Å². The molecule has 108 valence electrons. The van der Waals surface area contributed by atoms with E-state index in [4.69, 9.17) is 11.5 Å². The first-order valence-corrected chi connectivity index (χ1v) is 7.18. The predicted molar refractivity (Wildman–Crippen MR) is 85.7 cm³/mol. The molecule has 1 fully saturated rings. The molecule has 2 unspecified atom stereocenters. The highest BCUT2D eigenvalue weighted by atomic mass is 15.4. The lowest BCUT2D eigenvalue weighted by Gasteiger charge is -2.02. The van der Waals surface area contributed by atoms with Crippen LogP contribution in [0.1, 0.15) is 23.2 Å². The summed E-state index contributed by atoms with van der Waals surface area (Å²) in [5, 5.41) is 0. The van der Waals surface area contributed by atoms with Crippen LogP contribution in [0.4, 0.5) is 0 Å². The van der Waals surface area contributed by atoms with Gasteiger partial charge in [0.15, 0.2) is 5.96 Å². The fraction of sp³-hybridized carbons (Fsp3) is 0.235. The smallest absolute Gasteiger partial charge is 0.185 e. The lowest BCUT2D eigenvalue weighted by molar-refractivity contribution is 0.496. The summed E-state index contributed by atoms with van der Waals surface area (Å²) in [6, 6.07) is 22.0. The van der Waals surface area contributed by atoms with Crippen molar-refractivity contribution >= 4 is 5.96 Å². The van der Waals surface area contributed by atoms with E-state index in [9.17, 15) is 0 Å². The molecule has 1 saturated heterocycles. The number of rotatable bonds is 5. The lowest BCUT2D eigenvalue weighted by Crippen LogP contribution is -2.24. The Hall–Kier alpha value is -2.33. The molecule has 2 aromatic rings. The number of aliphatic imine (C=N–C) groups is 1. The first-order chi connectivity index (χ1) is 10.3. The van der Waals surface area contributed by atoms with Crippen molar-refractivity contribution in [3.8, 4) is 0 Å². The van der Waals surface area contributed by atoms with Gasteiger partial charge in [-0.25, -0.2) is 0 Å². The van der Waals surface area contributed by atoms with E-state index < -0.39 is 0 Å². The molecular formula is C17H20N4. The molecule has 2 atom stereocenters. The highest BCUT2D eigenvalue weighted by Gasteiger charge is 2.48. The Balaban J connectivity index is 1.78. The Bertz CT molecular complexity index is 560. The molecule has 1 heterocycles. The second-order valence-electron chi connectivity index (χ2n) is 5.26. The molecule has 0 amide bonds. The molecule has 21 heavy (non-hydrogen) atoms. The number of guanidine groups is 1. The molecule has 0 aliphatic carbocycles. The highest BCUT2D eigenvalue weighted by molar-refractivity contribution is 5.75. The van der Waals surface area contributed by atoms with E-state index in [1.807, 2.05) is 12.1 Å². The Morgan fingerprint density at radius 2 is 1.33 bits per heavy atom. The van der Waals surface area contributed by atoms with Crippen LogP contribution in [-0.2, 0) is 0 Å². The van der Waals surface area contributed by atoms with Gasteiger partial charge in [0.1, 0.15) is 0 Å². The minimum Gasteiger partial charge on any atom is -0.370 e. The number of hydrogen-bond donors (Lipinski definition) is 2. The molecule has 4 nitrogen and oxygen atoms in total. The van der Waals surface area contributed by atoms with E-state index in [1.54, 1.807) is 0 Å². The van der Waals surface area contributed by atoms with Gasteiger partial charge in [-0.05, 0) is 11.1 Å². The van der Waals surface area contributed by atoms with Crippen molar-refractivity contribution in [3.63, 3.8) is 0 Å². The van der Waals surface area contributed by atoms with Crippen LogP contribution in [0.2, 0.25) is 0 Å². The molecule has 0 radical (unpaired) electrons. The molecule has 0 bridgehead atoms. The second kappa shape index (κ2) is 5.97. The zero-order valence-electron chi connectivity index (χ0n) is 11.9. The van der Waals surface area contributed by atoms with Gasteiger partial charge in [0.2, 0.25) is 0 Å². The normalized spacial score (nSPS) is 23.5. The number of nitrogens with zero attached hydrogens (tertiary/aromatic N) is 2. The summed E-state index contributed by atoms with van der Waals surface area (Å²) >= 11 is 0. The monoisotopic (exact) mass is 280 g/mol. The summed E-state index contributed by atoms with van der Waals surface area (Å²) in [6.45, 7) is 1.49. The number of hydrogen-bond acceptors (Lipinski definition) is 2. The van der Waals surface area contributed by atoms with Crippen molar-refractivity contribution in [2.45, 2.75) is 12.1 Å². The quantitative estimate of drug-likeness (QED) is 0.500. The standard InChI is InChI=1S/C17H20N4/c18-17(19)20-11-12-21-15(13-7-3-1-4-8-13)16(21)14-9-5-2-6-10-14/h1-10,15-16H,11-12H2,(H4,18,19,20). The number of nitrogens with two attached hydrogens (primary N) is 2. The summed E-state index contributed by atoms with van der Waals surface area (Å²) in [7, 11) is 0. The van der Waals surface area contributed by atoms with Crippen LogP contribution in [0, 0.1) is 0 Å². The SMILES string of the molecule is NC(N)=NCCN1C(c2ccccc2)C1c1ccccc1. The van der Waals surface area contributed by atoms with E-state index in [2.05, 4.69) is 58.4 Å². The van der Waals surface area contributed by atoms with Crippen LogP contribution < -0.4 is 11.5 Å². The zero-order valence-corrected chi connectivity index (χ0v) is 11.9. The predicted octanol–water partition coefficient (Wildman–Crippen LogP) is 2.06. The van der Waals surface area contributed by atoms with Gasteiger partial charge in [-0.1, -0.05) is 60.7 Å². The van der Waals surface area contributed by atoms with Crippen LogP contribution in [0.15, 0.2) is 65.7 Å². The molecule has 4 heteroatoms. The highest BCUT2D eigenvalue weighted by Crippen LogP contribution is 2.53. The van der Waals surface area contributed by atoms with E-state index in [-0.39, 0.29) is 5.96 Å². The van der Waals surface area contributed by atoms with Gasteiger partial charge in [0, 0.05) is 6.54 Å². The first kappa shape index (κ1) is 13.6. The summed E-state index contributed by atoms with van der Waals surface area (Å²) in [5.41, 5.74) is 13.5. The van der Waals surface area contributed by atoms with Crippen molar-refractivity contribution < 1.29 is 0 Å². The molecule has 1 aliphatic heterocycles. The molecule has 0 saturated carbocycles. The Morgan fingerprint density at radius 3 is 1.76 bits per heavy atom. The largest absolute Gasteiger partial charge is 0.370 e. The van der Waals surface area contributed by atoms with Crippen LogP contribution in [0.3, 0.4) is 0 Å². The Kier molecular flexibility index (Phi) is 3.88. The van der Waals surface area contributed by atoms with Crippen LogP contribution in [0.25, 0.3) is 0 Å². The van der Waals surface area contributed by atoms with E-state index in [0.717, 1.165) is 6.54 Å². The maximum atomic E-state index is 5.40. The van der Waals surface area contributed by atoms with Gasteiger partial charge >= 0.3 is 0 Å². The lowest BCUT2D eigenvalue weighted by atomic mass is 10.0.